The van der Waals surface area contributed by atoms with E-state index >= 15 is 0 Å². The van der Waals surface area contributed by atoms with Crippen molar-refractivity contribution in [1.29, 1.82) is 0 Å². The lowest BCUT2D eigenvalue weighted by molar-refractivity contribution is -0.141. The highest BCUT2D eigenvalue weighted by molar-refractivity contribution is 5.92. The topological polar surface area (TPSA) is 109 Å². The van der Waals surface area contributed by atoms with Crippen molar-refractivity contribution in [3.8, 4) is 0 Å². The van der Waals surface area contributed by atoms with E-state index in [1.165, 1.54) is 6.20 Å². The van der Waals surface area contributed by atoms with Gasteiger partial charge >= 0.3 is 18.1 Å². The van der Waals surface area contributed by atoms with Crippen LogP contribution in [0.3, 0.4) is 0 Å². The van der Waals surface area contributed by atoms with Gasteiger partial charge in [-0.05, 0) is 31.2 Å². The zero-order valence-electron chi connectivity index (χ0n) is 15.0. The number of halogens is 3. The van der Waals surface area contributed by atoms with Gasteiger partial charge in [0.25, 0.3) is 0 Å². The van der Waals surface area contributed by atoms with Crippen LogP contribution in [0.25, 0.3) is 10.9 Å². The van der Waals surface area contributed by atoms with Crippen LogP contribution in [0.5, 0.6) is 0 Å². The number of para-hydroxylation sites is 1. The third kappa shape index (κ3) is 4.98. The van der Waals surface area contributed by atoms with Crippen molar-refractivity contribution in [3.63, 3.8) is 0 Å². The average Bonchev–Trinajstić information content (AvgIpc) is 2.68. The quantitative estimate of drug-likeness (QED) is 0.686. The van der Waals surface area contributed by atoms with Crippen molar-refractivity contribution in [1.82, 2.24) is 9.55 Å². The number of hydrogen-bond acceptors (Lipinski definition) is 4. The molecule has 3 aromatic rings. The van der Waals surface area contributed by atoms with Crippen LogP contribution in [0.2, 0.25) is 0 Å². The highest BCUT2D eigenvalue weighted by Gasteiger charge is 2.32. The number of fused-ring (bicyclic) bond motifs is 1. The maximum absolute atomic E-state index is 11.9. The van der Waals surface area contributed by atoms with Crippen LogP contribution in [0, 0.1) is 0 Å². The van der Waals surface area contributed by atoms with Gasteiger partial charge in [-0.15, -0.1) is 0 Å². The SMILES string of the molecule is CCn1cc(C(=O)O)c(=O)c2ccccc21.O=C(O)c1ccc(C(F)(F)F)nc1. The molecular weight excluding hydrogens is 393 g/mol. The molecule has 29 heavy (non-hydrogen) atoms. The Hall–Kier alpha value is -3.69. The maximum Gasteiger partial charge on any atom is 0.433 e. The number of aromatic carboxylic acids is 2. The second-order valence-electron chi connectivity index (χ2n) is 5.72. The van der Waals surface area contributed by atoms with Crippen LogP contribution in [0.4, 0.5) is 13.2 Å². The van der Waals surface area contributed by atoms with Gasteiger partial charge in [-0.1, -0.05) is 12.1 Å². The van der Waals surface area contributed by atoms with Crippen LogP contribution < -0.4 is 5.43 Å². The average molecular weight is 408 g/mol. The summed E-state index contributed by atoms with van der Waals surface area (Å²) in [7, 11) is 0. The number of alkyl halides is 3. The van der Waals surface area contributed by atoms with Crippen molar-refractivity contribution in [2.75, 3.05) is 0 Å². The summed E-state index contributed by atoms with van der Waals surface area (Å²) in [5.74, 6) is -2.49. The second-order valence-corrected chi connectivity index (χ2v) is 5.72. The Labute approximate surface area is 161 Å². The van der Waals surface area contributed by atoms with Gasteiger partial charge in [-0.3, -0.25) is 9.78 Å². The lowest BCUT2D eigenvalue weighted by Crippen LogP contribution is -2.18. The first kappa shape index (κ1) is 21.6. The van der Waals surface area contributed by atoms with Gasteiger partial charge in [-0.25, -0.2) is 9.59 Å². The molecular formula is C19H15F3N2O5. The van der Waals surface area contributed by atoms with Crippen molar-refractivity contribution >= 4 is 22.8 Å². The van der Waals surface area contributed by atoms with Crippen molar-refractivity contribution in [3.05, 3.63) is 75.8 Å². The minimum Gasteiger partial charge on any atom is -0.478 e. The first-order chi connectivity index (χ1) is 13.6. The van der Waals surface area contributed by atoms with Gasteiger partial charge in [0.1, 0.15) is 11.3 Å². The van der Waals surface area contributed by atoms with Gasteiger partial charge in [0.05, 0.1) is 11.1 Å². The molecule has 3 rings (SSSR count). The lowest BCUT2D eigenvalue weighted by atomic mass is 10.1. The summed E-state index contributed by atoms with van der Waals surface area (Å²) in [5, 5.41) is 17.7. The molecule has 0 unspecified atom stereocenters. The molecule has 0 bridgehead atoms. The van der Waals surface area contributed by atoms with E-state index in [2.05, 4.69) is 4.98 Å². The van der Waals surface area contributed by atoms with E-state index in [0.29, 0.717) is 24.2 Å². The molecule has 0 aliphatic rings. The van der Waals surface area contributed by atoms with E-state index in [-0.39, 0.29) is 11.1 Å². The molecule has 7 nitrogen and oxygen atoms in total. The van der Waals surface area contributed by atoms with E-state index in [1.807, 2.05) is 19.1 Å². The number of pyridine rings is 2. The number of carboxylic acid groups (broad SMARTS) is 2. The van der Waals surface area contributed by atoms with E-state index in [0.717, 1.165) is 11.6 Å². The smallest absolute Gasteiger partial charge is 0.433 e. The van der Waals surface area contributed by atoms with Crippen molar-refractivity contribution < 1.29 is 33.0 Å². The third-order valence-corrected chi connectivity index (χ3v) is 3.86. The largest absolute Gasteiger partial charge is 0.478 e. The summed E-state index contributed by atoms with van der Waals surface area (Å²) in [5.41, 5.74) is -1.21. The second kappa shape index (κ2) is 8.55. The fraction of sp³-hybridized carbons (Fsp3) is 0.158. The molecule has 0 aliphatic carbocycles. The molecule has 10 heteroatoms. The first-order valence-electron chi connectivity index (χ1n) is 8.18. The minimum absolute atomic E-state index is 0.180. The predicted molar refractivity (Wildman–Crippen MR) is 97.0 cm³/mol. The fourth-order valence-corrected chi connectivity index (χ4v) is 2.45. The lowest BCUT2D eigenvalue weighted by Gasteiger charge is -2.09. The Bertz CT molecular complexity index is 1110. The summed E-state index contributed by atoms with van der Waals surface area (Å²) < 4.78 is 37.5. The highest BCUT2D eigenvalue weighted by Crippen LogP contribution is 2.27. The number of aryl methyl sites for hydroxylation is 1. The molecule has 0 atom stereocenters. The van der Waals surface area contributed by atoms with Crippen LogP contribution in [0.1, 0.15) is 33.3 Å². The number of hydrogen-bond donors (Lipinski definition) is 2. The van der Waals surface area contributed by atoms with Gasteiger partial charge in [0.2, 0.25) is 5.43 Å². The zero-order valence-corrected chi connectivity index (χ0v) is 15.0. The van der Waals surface area contributed by atoms with Gasteiger partial charge < -0.3 is 14.8 Å². The van der Waals surface area contributed by atoms with Crippen LogP contribution in [0.15, 0.2) is 53.6 Å². The Morgan fingerprint density at radius 2 is 1.72 bits per heavy atom. The molecule has 1 aromatic carbocycles. The fourth-order valence-electron chi connectivity index (χ4n) is 2.45. The normalized spacial score (nSPS) is 10.9. The third-order valence-electron chi connectivity index (χ3n) is 3.86. The molecule has 0 saturated heterocycles. The van der Waals surface area contributed by atoms with Gasteiger partial charge in [0, 0.05) is 24.3 Å². The zero-order chi connectivity index (χ0) is 21.8. The summed E-state index contributed by atoms with van der Waals surface area (Å²) in [6, 6.07) is 8.51. The monoisotopic (exact) mass is 408 g/mol. The summed E-state index contributed by atoms with van der Waals surface area (Å²) in [6.45, 7) is 2.53. The molecule has 0 saturated carbocycles. The maximum atomic E-state index is 11.9. The van der Waals surface area contributed by atoms with Crippen molar-refractivity contribution in [2.24, 2.45) is 0 Å². The molecule has 0 fully saturated rings. The molecule has 0 amide bonds. The molecule has 2 heterocycles. The Kier molecular flexibility index (Phi) is 6.37. The van der Waals surface area contributed by atoms with Crippen LogP contribution in [-0.4, -0.2) is 31.7 Å². The minimum atomic E-state index is -4.53. The van der Waals surface area contributed by atoms with E-state index in [9.17, 15) is 27.6 Å². The molecule has 0 spiro atoms. The number of carboxylic acids is 2. The first-order valence-corrected chi connectivity index (χ1v) is 8.18. The predicted octanol–water partition coefficient (Wildman–Crippen LogP) is 3.52. The van der Waals surface area contributed by atoms with Crippen molar-refractivity contribution in [2.45, 2.75) is 19.6 Å². The summed E-state index contributed by atoms with van der Waals surface area (Å²) in [4.78, 5) is 36.0. The number of nitrogens with zero attached hydrogens (tertiary/aromatic N) is 2. The van der Waals surface area contributed by atoms with E-state index < -0.39 is 29.2 Å². The number of rotatable bonds is 3. The number of carbonyl (C=O) groups is 2. The number of benzene rings is 1. The molecule has 0 radical (unpaired) electrons. The van der Waals surface area contributed by atoms with Crippen LogP contribution in [-0.2, 0) is 12.7 Å². The van der Waals surface area contributed by atoms with Gasteiger partial charge in [-0.2, -0.15) is 13.2 Å². The number of aromatic nitrogens is 2. The Morgan fingerprint density at radius 3 is 2.21 bits per heavy atom. The Balaban J connectivity index is 0.000000212. The molecule has 2 aromatic heterocycles. The molecule has 2 N–H and O–H groups in total. The highest BCUT2D eigenvalue weighted by atomic mass is 19.4. The van der Waals surface area contributed by atoms with Gasteiger partial charge in [0.15, 0.2) is 0 Å². The Morgan fingerprint density at radius 1 is 1.07 bits per heavy atom. The standard InChI is InChI=1S/C12H11NO3.C7H4F3NO2/c1-2-13-7-9(12(15)16)11(14)8-5-3-4-6-10(8)13;8-7(9,10)5-2-1-4(3-11-5)6(12)13/h3-7H,2H2,1H3,(H,15,16);1-3H,(H,12,13). The molecule has 152 valence electrons. The summed E-state index contributed by atoms with van der Waals surface area (Å²) in [6.07, 6.45) is -2.46. The van der Waals surface area contributed by atoms with E-state index in [1.54, 1.807) is 16.7 Å². The van der Waals surface area contributed by atoms with Crippen LogP contribution >= 0.6 is 0 Å². The van der Waals surface area contributed by atoms with E-state index in [4.69, 9.17) is 10.2 Å². The molecule has 0 aliphatic heterocycles. The summed E-state index contributed by atoms with van der Waals surface area (Å²) >= 11 is 0.